The average Bonchev–Trinajstić information content (AvgIpc) is 3.17. The van der Waals surface area contributed by atoms with Gasteiger partial charge in [0, 0.05) is 20.2 Å². The normalized spacial score (nSPS) is 24.2. The molecule has 0 aliphatic carbocycles. The van der Waals surface area contributed by atoms with Gasteiger partial charge in [0.25, 0.3) is 5.91 Å². The quantitative estimate of drug-likeness (QED) is 0.847. The van der Waals surface area contributed by atoms with Crippen molar-refractivity contribution in [1.29, 1.82) is 0 Å². The fraction of sp³-hybridized carbons (Fsp3) is 0.769. The highest BCUT2D eigenvalue weighted by Crippen LogP contribution is 2.19. The maximum atomic E-state index is 12.3. The predicted octanol–water partition coefficient (Wildman–Crippen LogP) is 0.0635. The summed E-state index contributed by atoms with van der Waals surface area (Å²) in [5.74, 6) is -0.0373. The van der Waals surface area contributed by atoms with E-state index in [0.717, 1.165) is 38.9 Å². The van der Waals surface area contributed by atoms with Crippen molar-refractivity contribution in [2.75, 3.05) is 33.3 Å². The van der Waals surface area contributed by atoms with E-state index < -0.39 is 0 Å². The number of aromatic nitrogens is 3. The molecule has 0 spiro atoms. The van der Waals surface area contributed by atoms with Crippen molar-refractivity contribution in [3.8, 4) is 0 Å². The number of rotatable bonds is 3. The van der Waals surface area contributed by atoms with Crippen LogP contribution >= 0.6 is 0 Å². The average molecular weight is 279 g/mol. The number of hydrogen-bond donors (Lipinski definition) is 1. The Bertz CT molecular complexity index is 469. The van der Waals surface area contributed by atoms with Crippen molar-refractivity contribution in [1.82, 2.24) is 25.2 Å². The molecule has 2 fully saturated rings. The number of likely N-dealkylation sites (tertiary alicyclic amines) is 1. The zero-order chi connectivity index (χ0) is 13.9. The molecule has 2 saturated heterocycles. The largest absolute Gasteiger partial charge is 0.380 e. The minimum absolute atomic E-state index is 0.0373. The Hall–Kier alpha value is -1.47. The van der Waals surface area contributed by atoms with E-state index in [1.807, 2.05) is 4.68 Å². The van der Waals surface area contributed by atoms with Crippen LogP contribution in [0, 0.1) is 0 Å². The molecule has 0 bridgehead atoms. The molecule has 0 aromatic carbocycles. The zero-order valence-electron chi connectivity index (χ0n) is 11.8. The smallest absolute Gasteiger partial charge is 0.276 e. The lowest BCUT2D eigenvalue weighted by molar-refractivity contribution is 0.0719. The molecule has 1 aromatic heterocycles. The van der Waals surface area contributed by atoms with Gasteiger partial charge in [0.2, 0.25) is 0 Å². The van der Waals surface area contributed by atoms with Gasteiger partial charge in [-0.05, 0) is 32.4 Å². The Balaban J connectivity index is 1.65. The molecule has 1 N–H and O–H groups in total. The molecule has 0 radical (unpaired) electrons. The summed E-state index contributed by atoms with van der Waals surface area (Å²) in [6, 6.07) is 0.357. The summed E-state index contributed by atoms with van der Waals surface area (Å²) in [7, 11) is 1.69. The van der Waals surface area contributed by atoms with Crippen molar-refractivity contribution in [3.05, 3.63) is 11.9 Å². The number of nitrogens with zero attached hydrogens (tertiary/aromatic N) is 4. The fourth-order valence-electron chi connectivity index (χ4n) is 2.89. The van der Waals surface area contributed by atoms with E-state index in [0.29, 0.717) is 18.3 Å². The first kappa shape index (κ1) is 13.5. The first-order valence-corrected chi connectivity index (χ1v) is 7.22. The van der Waals surface area contributed by atoms with Crippen LogP contribution in [0.1, 0.15) is 35.8 Å². The SMILES string of the molecule is COC1CCN(C(=O)c2cn(C3CCNCC3)nn2)C1. The minimum atomic E-state index is -0.0373. The maximum absolute atomic E-state index is 12.3. The third kappa shape index (κ3) is 2.69. The van der Waals surface area contributed by atoms with E-state index in [-0.39, 0.29) is 12.0 Å². The molecular weight excluding hydrogens is 258 g/mol. The van der Waals surface area contributed by atoms with Gasteiger partial charge in [0.1, 0.15) is 0 Å². The Kier molecular flexibility index (Phi) is 3.98. The van der Waals surface area contributed by atoms with Crippen LogP contribution in [0.15, 0.2) is 6.20 Å². The molecule has 1 unspecified atom stereocenters. The monoisotopic (exact) mass is 279 g/mol. The number of amides is 1. The standard InChI is InChI=1S/C13H21N5O2/c1-20-11-4-7-17(8-11)13(19)12-9-18(16-15-12)10-2-5-14-6-3-10/h9-11,14H,2-8H2,1H3. The summed E-state index contributed by atoms with van der Waals surface area (Å²) in [6.45, 7) is 3.37. The molecule has 2 aliphatic heterocycles. The number of carbonyl (C=O) groups excluding carboxylic acids is 1. The second-order valence-corrected chi connectivity index (χ2v) is 5.46. The van der Waals surface area contributed by atoms with Crippen LogP contribution in [0.25, 0.3) is 0 Å². The summed E-state index contributed by atoms with van der Waals surface area (Å²) in [5, 5.41) is 11.5. The predicted molar refractivity (Wildman–Crippen MR) is 72.5 cm³/mol. The molecule has 3 heterocycles. The number of piperidine rings is 1. The van der Waals surface area contributed by atoms with E-state index in [2.05, 4.69) is 15.6 Å². The van der Waals surface area contributed by atoms with Gasteiger partial charge in [-0.1, -0.05) is 5.21 Å². The lowest BCUT2D eigenvalue weighted by Gasteiger charge is -2.22. The molecule has 2 aliphatic rings. The molecule has 1 amide bonds. The van der Waals surface area contributed by atoms with Gasteiger partial charge in [-0.2, -0.15) is 0 Å². The molecule has 110 valence electrons. The number of ether oxygens (including phenoxy) is 1. The maximum Gasteiger partial charge on any atom is 0.276 e. The van der Waals surface area contributed by atoms with Crippen LogP contribution in [-0.4, -0.2) is 65.2 Å². The lowest BCUT2D eigenvalue weighted by atomic mass is 10.1. The molecular formula is C13H21N5O2. The number of hydrogen-bond acceptors (Lipinski definition) is 5. The number of carbonyl (C=O) groups is 1. The Morgan fingerprint density at radius 2 is 2.20 bits per heavy atom. The van der Waals surface area contributed by atoms with Crippen LogP contribution in [0.4, 0.5) is 0 Å². The topological polar surface area (TPSA) is 72.3 Å². The van der Waals surface area contributed by atoms with Gasteiger partial charge < -0.3 is 15.0 Å². The van der Waals surface area contributed by atoms with Crippen molar-refractivity contribution in [2.24, 2.45) is 0 Å². The third-order valence-corrected chi connectivity index (χ3v) is 4.18. The summed E-state index contributed by atoms with van der Waals surface area (Å²) < 4.78 is 7.13. The minimum Gasteiger partial charge on any atom is -0.380 e. The van der Waals surface area contributed by atoms with Gasteiger partial charge in [-0.25, -0.2) is 4.68 Å². The molecule has 7 nitrogen and oxygen atoms in total. The summed E-state index contributed by atoms with van der Waals surface area (Å²) in [6.07, 6.45) is 4.90. The van der Waals surface area contributed by atoms with E-state index in [9.17, 15) is 4.79 Å². The van der Waals surface area contributed by atoms with Gasteiger partial charge >= 0.3 is 0 Å². The van der Waals surface area contributed by atoms with Crippen LogP contribution < -0.4 is 5.32 Å². The van der Waals surface area contributed by atoms with Crippen LogP contribution in [-0.2, 0) is 4.74 Å². The van der Waals surface area contributed by atoms with E-state index in [4.69, 9.17) is 4.74 Å². The Labute approximate surface area is 118 Å². The van der Waals surface area contributed by atoms with Crippen LogP contribution in [0.3, 0.4) is 0 Å². The molecule has 0 saturated carbocycles. The highest BCUT2D eigenvalue weighted by molar-refractivity contribution is 5.92. The summed E-state index contributed by atoms with van der Waals surface area (Å²) in [4.78, 5) is 14.1. The fourth-order valence-corrected chi connectivity index (χ4v) is 2.89. The lowest BCUT2D eigenvalue weighted by Crippen LogP contribution is -2.30. The molecule has 1 atom stereocenters. The van der Waals surface area contributed by atoms with Gasteiger partial charge in [0.15, 0.2) is 5.69 Å². The van der Waals surface area contributed by atoms with Crippen molar-refractivity contribution < 1.29 is 9.53 Å². The van der Waals surface area contributed by atoms with E-state index >= 15 is 0 Å². The first-order chi connectivity index (χ1) is 9.78. The first-order valence-electron chi connectivity index (χ1n) is 7.22. The van der Waals surface area contributed by atoms with Crippen molar-refractivity contribution in [2.45, 2.75) is 31.4 Å². The summed E-state index contributed by atoms with van der Waals surface area (Å²) in [5.41, 5.74) is 0.445. The zero-order valence-corrected chi connectivity index (χ0v) is 11.8. The number of methoxy groups -OCH3 is 1. The molecule has 7 heteroatoms. The summed E-state index contributed by atoms with van der Waals surface area (Å²) >= 11 is 0. The molecule has 3 rings (SSSR count). The highest BCUT2D eigenvalue weighted by Gasteiger charge is 2.28. The Morgan fingerprint density at radius 3 is 2.90 bits per heavy atom. The van der Waals surface area contributed by atoms with Gasteiger partial charge in [-0.15, -0.1) is 5.10 Å². The molecule has 20 heavy (non-hydrogen) atoms. The van der Waals surface area contributed by atoms with Crippen molar-refractivity contribution in [3.63, 3.8) is 0 Å². The van der Waals surface area contributed by atoms with Crippen LogP contribution in [0.5, 0.6) is 0 Å². The highest BCUT2D eigenvalue weighted by atomic mass is 16.5. The van der Waals surface area contributed by atoms with Crippen molar-refractivity contribution >= 4 is 5.91 Å². The van der Waals surface area contributed by atoms with Crippen LogP contribution in [0.2, 0.25) is 0 Å². The number of nitrogens with one attached hydrogen (secondary N) is 1. The van der Waals surface area contributed by atoms with E-state index in [1.165, 1.54) is 0 Å². The van der Waals surface area contributed by atoms with Gasteiger partial charge in [0.05, 0.1) is 18.3 Å². The third-order valence-electron chi connectivity index (χ3n) is 4.18. The van der Waals surface area contributed by atoms with Gasteiger partial charge in [-0.3, -0.25) is 4.79 Å². The van der Waals surface area contributed by atoms with E-state index in [1.54, 1.807) is 18.2 Å². The molecule has 1 aromatic rings. The second-order valence-electron chi connectivity index (χ2n) is 5.46. The second kappa shape index (κ2) is 5.88. The Morgan fingerprint density at radius 1 is 1.40 bits per heavy atom.